The van der Waals surface area contributed by atoms with Crippen LogP contribution in [0.5, 0.6) is 0 Å². The lowest BCUT2D eigenvalue weighted by atomic mass is 9.91. The standard InChI is InChI=1S/C18H29N3O/c1-14(2)16-12-21(13-17(16)20(3)4)18(22)19-11-10-15-8-6-5-7-9-15/h5-9,14,16-17H,10-13H2,1-4H3,(H,19,22). The van der Waals surface area contributed by atoms with E-state index >= 15 is 0 Å². The Balaban J connectivity index is 1.83. The summed E-state index contributed by atoms with van der Waals surface area (Å²) in [5.74, 6) is 1.14. The van der Waals surface area contributed by atoms with Crippen molar-refractivity contribution in [2.45, 2.75) is 26.3 Å². The van der Waals surface area contributed by atoms with E-state index in [9.17, 15) is 4.79 Å². The molecule has 0 aromatic heterocycles. The van der Waals surface area contributed by atoms with E-state index in [-0.39, 0.29) is 6.03 Å². The molecule has 0 bridgehead atoms. The van der Waals surface area contributed by atoms with Crippen molar-refractivity contribution in [3.63, 3.8) is 0 Å². The maximum atomic E-state index is 12.4. The minimum absolute atomic E-state index is 0.0749. The molecular weight excluding hydrogens is 274 g/mol. The molecule has 0 spiro atoms. The molecule has 1 fully saturated rings. The van der Waals surface area contributed by atoms with E-state index in [0.717, 1.165) is 19.5 Å². The summed E-state index contributed by atoms with van der Waals surface area (Å²) in [6.45, 7) is 6.87. The average Bonchev–Trinajstić information content (AvgIpc) is 2.94. The molecule has 22 heavy (non-hydrogen) atoms. The van der Waals surface area contributed by atoms with Gasteiger partial charge in [0, 0.05) is 25.7 Å². The number of amides is 2. The van der Waals surface area contributed by atoms with Crippen LogP contribution in [-0.4, -0.2) is 55.6 Å². The third-order valence-corrected chi connectivity index (χ3v) is 4.67. The summed E-state index contributed by atoms with van der Waals surface area (Å²) in [5, 5.41) is 3.06. The summed E-state index contributed by atoms with van der Waals surface area (Å²) < 4.78 is 0. The summed E-state index contributed by atoms with van der Waals surface area (Å²) >= 11 is 0. The highest BCUT2D eigenvalue weighted by Gasteiger charge is 2.37. The van der Waals surface area contributed by atoms with Crippen LogP contribution in [0.2, 0.25) is 0 Å². The van der Waals surface area contributed by atoms with Gasteiger partial charge in [-0.15, -0.1) is 0 Å². The highest BCUT2D eigenvalue weighted by atomic mass is 16.2. The van der Waals surface area contributed by atoms with Crippen molar-refractivity contribution in [1.82, 2.24) is 15.1 Å². The third-order valence-electron chi connectivity index (χ3n) is 4.67. The Kier molecular flexibility index (Phi) is 5.83. The molecule has 1 N–H and O–H groups in total. The lowest BCUT2D eigenvalue weighted by molar-refractivity contribution is 0.203. The number of nitrogens with one attached hydrogen (secondary N) is 1. The molecule has 1 aromatic carbocycles. The molecule has 1 aromatic rings. The van der Waals surface area contributed by atoms with Crippen LogP contribution in [-0.2, 0) is 6.42 Å². The van der Waals surface area contributed by atoms with Crippen molar-refractivity contribution >= 4 is 6.03 Å². The first-order valence-electron chi connectivity index (χ1n) is 8.22. The first-order chi connectivity index (χ1) is 10.5. The Morgan fingerprint density at radius 2 is 1.95 bits per heavy atom. The molecule has 0 aliphatic carbocycles. The van der Waals surface area contributed by atoms with Gasteiger partial charge in [-0.05, 0) is 37.9 Å². The van der Waals surface area contributed by atoms with Gasteiger partial charge in [-0.1, -0.05) is 44.2 Å². The minimum atomic E-state index is 0.0749. The van der Waals surface area contributed by atoms with Gasteiger partial charge in [-0.3, -0.25) is 0 Å². The Hall–Kier alpha value is -1.55. The van der Waals surface area contributed by atoms with Crippen molar-refractivity contribution < 1.29 is 4.79 Å². The molecule has 4 heteroatoms. The largest absolute Gasteiger partial charge is 0.338 e. The van der Waals surface area contributed by atoms with E-state index in [0.29, 0.717) is 24.4 Å². The fraction of sp³-hybridized carbons (Fsp3) is 0.611. The highest BCUT2D eigenvalue weighted by molar-refractivity contribution is 5.74. The van der Waals surface area contributed by atoms with Gasteiger partial charge in [-0.25, -0.2) is 4.79 Å². The Labute approximate surface area is 134 Å². The second-order valence-electron chi connectivity index (χ2n) is 6.81. The van der Waals surface area contributed by atoms with E-state index in [1.807, 2.05) is 23.1 Å². The van der Waals surface area contributed by atoms with Gasteiger partial charge in [0.05, 0.1) is 0 Å². The molecule has 0 radical (unpaired) electrons. The van der Waals surface area contributed by atoms with Crippen LogP contribution < -0.4 is 5.32 Å². The monoisotopic (exact) mass is 303 g/mol. The number of likely N-dealkylation sites (tertiary alicyclic amines) is 1. The Bertz CT molecular complexity index is 456. The summed E-state index contributed by atoms with van der Waals surface area (Å²) in [6.07, 6.45) is 0.880. The molecule has 4 nitrogen and oxygen atoms in total. The zero-order chi connectivity index (χ0) is 16.1. The van der Waals surface area contributed by atoms with Gasteiger partial charge in [0.1, 0.15) is 0 Å². The molecule has 122 valence electrons. The molecule has 2 unspecified atom stereocenters. The normalized spacial score (nSPS) is 21.6. The SMILES string of the molecule is CC(C)C1CN(C(=O)NCCc2ccccc2)CC1N(C)C. The molecule has 0 saturated carbocycles. The van der Waals surface area contributed by atoms with E-state index in [1.165, 1.54) is 5.56 Å². The topological polar surface area (TPSA) is 35.6 Å². The predicted octanol–water partition coefficient (Wildman–Crippen LogP) is 2.46. The van der Waals surface area contributed by atoms with Gasteiger partial charge in [0.15, 0.2) is 0 Å². The quantitative estimate of drug-likeness (QED) is 0.907. The fourth-order valence-corrected chi connectivity index (χ4v) is 3.25. The summed E-state index contributed by atoms with van der Waals surface area (Å²) in [6, 6.07) is 10.8. The molecule has 1 aliphatic rings. The highest BCUT2D eigenvalue weighted by Crippen LogP contribution is 2.27. The summed E-state index contributed by atoms with van der Waals surface area (Å²) in [7, 11) is 4.22. The summed E-state index contributed by atoms with van der Waals surface area (Å²) in [4.78, 5) is 16.6. The minimum Gasteiger partial charge on any atom is -0.338 e. The molecule has 2 atom stereocenters. The van der Waals surface area contributed by atoms with Crippen molar-refractivity contribution in [1.29, 1.82) is 0 Å². The number of hydrogen-bond donors (Lipinski definition) is 1. The van der Waals surface area contributed by atoms with E-state index in [1.54, 1.807) is 0 Å². The van der Waals surface area contributed by atoms with Crippen LogP contribution in [0.15, 0.2) is 30.3 Å². The first kappa shape index (κ1) is 16.8. The molecule has 1 aliphatic heterocycles. The lowest BCUT2D eigenvalue weighted by Gasteiger charge is -2.27. The number of carbonyl (C=O) groups excluding carboxylic acids is 1. The molecule has 1 saturated heterocycles. The van der Waals surface area contributed by atoms with Crippen LogP contribution >= 0.6 is 0 Å². The number of nitrogens with zero attached hydrogens (tertiary/aromatic N) is 2. The molecule has 2 rings (SSSR count). The van der Waals surface area contributed by atoms with E-state index in [4.69, 9.17) is 0 Å². The second-order valence-corrected chi connectivity index (χ2v) is 6.81. The number of likely N-dealkylation sites (N-methyl/N-ethyl adjacent to an activating group) is 1. The number of rotatable bonds is 5. The van der Waals surface area contributed by atoms with Gasteiger partial charge in [-0.2, -0.15) is 0 Å². The van der Waals surface area contributed by atoms with E-state index in [2.05, 4.69) is 50.3 Å². The Morgan fingerprint density at radius 3 is 2.50 bits per heavy atom. The lowest BCUT2D eigenvalue weighted by Crippen LogP contribution is -2.41. The molecule has 1 heterocycles. The third kappa shape index (κ3) is 4.23. The fourth-order valence-electron chi connectivity index (χ4n) is 3.25. The number of benzene rings is 1. The number of hydrogen-bond acceptors (Lipinski definition) is 2. The average molecular weight is 303 g/mol. The van der Waals surface area contributed by atoms with Crippen molar-refractivity contribution in [3.05, 3.63) is 35.9 Å². The summed E-state index contributed by atoms with van der Waals surface area (Å²) in [5.41, 5.74) is 1.26. The van der Waals surface area contributed by atoms with Crippen LogP contribution in [0.3, 0.4) is 0 Å². The maximum Gasteiger partial charge on any atom is 0.317 e. The smallest absolute Gasteiger partial charge is 0.317 e. The zero-order valence-corrected chi connectivity index (χ0v) is 14.2. The van der Waals surface area contributed by atoms with Crippen LogP contribution in [0.4, 0.5) is 4.79 Å². The van der Waals surface area contributed by atoms with Crippen LogP contribution in [0.1, 0.15) is 19.4 Å². The van der Waals surface area contributed by atoms with Crippen molar-refractivity contribution in [2.24, 2.45) is 11.8 Å². The number of urea groups is 1. The Morgan fingerprint density at radius 1 is 1.27 bits per heavy atom. The molecule has 2 amide bonds. The zero-order valence-electron chi connectivity index (χ0n) is 14.2. The molecular formula is C18H29N3O. The maximum absolute atomic E-state index is 12.4. The van der Waals surface area contributed by atoms with Crippen molar-refractivity contribution in [2.75, 3.05) is 33.7 Å². The predicted molar refractivity (Wildman–Crippen MR) is 90.9 cm³/mol. The van der Waals surface area contributed by atoms with E-state index < -0.39 is 0 Å². The second kappa shape index (κ2) is 7.63. The van der Waals surface area contributed by atoms with Gasteiger partial charge < -0.3 is 15.1 Å². The van der Waals surface area contributed by atoms with Crippen LogP contribution in [0, 0.1) is 11.8 Å². The van der Waals surface area contributed by atoms with Crippen LogP contribution in [0.25, 0.3) is 0 Å². The van der Waals surface area contributed by atoms with Gasteiger partial charge in [0.25, 0.3) is 0 Å². The van der Waals surface area contributed by atoms with Gasteiger partial charge >= 0.3 is 6.03 Å². The van der Waals surface area contributed by atoms with Crippen molar-refractivity contribution in [3.8, 4) is 0 Å². The first-order valence-corrected chi connectivity index (χ1v) is 8.22. The number of carbonyl (C=O) groups is 1. The van der Waals surface area contributed by atoms with Gasteiger partial charge in [0.2, 0.25) is 0 Å².